The highest BCUT2D eigenvalue weighted by atomic mass is 35.5. The van der Waals surface area contributed by atoms with Crippen LogP contribution in [0.15, 0.2) is 17.0 Å². The molecule has 0 fully saturated rings. The monoisotopic (exact) mass is 241 g/mol. The van der Waals surface area contributed by atoms with E-state index in [1.807, 2.05) is 6.07 Å². The van der Waals surface area contributed by atoms with Gasteiger partial charge in [0.15, 0.2) is 0 Å². The summed E-state index contributed by atoms with van der Waals surface area (Å²) in [6.45, 7) is 0. The van der Waals surface area contributed by atoms with Crippen LogP contribution in [0.4, 0.5) is 0 Å². The first-order valence-corrected chi connectivity index (χ1v) is 5.09. The third kappa shape index (κ3) is 2.88. The van der Waals surface area contributed by atoms with E-state index >= 15 is 0 Å². The number of benzene rings is 1. The van der Waals surface area contributed by atoms with Crippen molar-refractivity contribution in [3.8, 4) is 6.07 Å². The van der Waals surface area contributed by atoms with Crippen molar-refractivity contribution in [3.05, 3.63) is 28.8 Å². The summed E-state index contributed by atoms with van der Waals surface area (Å²) in [6, 6.07) is 5.13. The second kappa shape index (κ2) is 5.06. The third-order valence-corrected chi connectivity index (χ3v) is 2.68. The highest BCUT2D eigenvalue weighted by Crippen LogP contribution is 2.23. The molecule has 1 N–H and O–H groups in total. The molecule has 0 saturated heterocycles. The Morgan fingerprint density at radius 3 is 2.73 bits per heavy atom. The van der Waals surface area contributed by atoms with Gasteiger partial charge in [0.25, 0.3) is 0 Å². The topological polar surface area (TPSA) is 61.1 Å². The molecule has 0 aromatic heterocycles. The quantitative estimate of drug-likeness (QED) is 0.630. The van der Waals surface area contributed by atoms with Crippen LogP contribution in [0.5, 0.6) is 0 Å². The van der Waals surface area contributed by atoms with Crippen LogP contribution in [-0.2, 0) is 17.1 Å². The van der Waals surface area contributed by atoms with Gasteiger partial charge in [-0.05, 0) is 17.2 Å². The van der Waals surface area contributed by atoms with Crippen LogP contribution < -0.4 is 0 Å². The molecule has 0 radical (unpaired) electrons. The van der Waals surface area contributed by atoms with Crippen LogP contribution in [0.2, 0.25) is 0 Å². The molecule has 0 amide bonds. The summed E-state index contributed by atoms with van der Waals surface area (Å²) < 4.78 is 0. The fourth-order valence-corrected chi connectivity index (χ4v) is 1.79. The Morgan fingerprint density at radius 1 is 1.60 bits per heavy atom. The molecule has 15 heavy (non-hydrogen) atoms. The molecular formula is C10H8ClNO2S. The number of rotatable bonds is 3. The lowest BCUT2D eigenvalue weighted by Crippen LogP contribution is -2.02. The highest BCUT2D eigenvalue weighted by molar-refractivity contribution is 7.80. The molecule has 0 aliphatic rings. The van der Waals surface area contributed by atoms with E-state index in [2.05, 4.69) is 12.6 Å². The van der Waals surface area contributed by atoms with E-state index in [-0.39, 0.29) is 12.3 Å². The molecule has 0 heterocycles. The second-order valence-electron chi connectivity index (χ2n) is 2.97. The maximum Gasteiger partial charge on any atom is 0.307 e. The minimum absolute atomic E-state index is 0.118. The number of nitrogens with zero attached hydrogens (tertiary/aromatic N) is 1. The molecule has 3 nitrogen and oxygen atoms in total. The Balaban J connectivity index is 3.22. The minimum Gasteiger partial charge on any atom is -0.481 e. The highest BCUT2D eigenvalue weighted by Gasteiger charge is 2.09. The number of hydrogen-bond donors (Lipinski definition) is 2. The Hall–Kier alpha value is -1.18. The van der Waals surface area contributed by atoms with Gasteiger partial charge in [-0.1, -0.05) is 6.07 Å². The fourth-order valence-electron chi connectivity index (χ4n) is 1.22. The lowest BCUT2D eigenvalue weighted by molar-refractivity contribution is -0.136. The normalized spacial score (nSPS) is 9.67. The van der Waals surface area contributed by atoms with Gasteiger partial charge in [0.05, 0.1) is 12.0 Å². The number of aliphatic carboxylic acids is 1. The average Bonchev–Trinajstić information content (AvgIpc) is 2.19. The zero-order chi connectivity index (χ0) is 11.4. The summed E-state index contributed by atoms with van der Waals surface area (Å²) in [4.78, 5) is 11.0. The predicted octanol–water partition coefficient (Wildman–Crippen LogP) is 2.21. The zero-order valence-corrected chi connectivity index (χ0v) is 9.35. The molecule has 0 unspecified atom stereocenters. The van der Waals surface area contributed by atoms with E-state index in [9.17, 15) is 4.79 Å². The Morgan fingerprint density at radius 2 is 2.27 bits per heavy atom. The van der Waals surface area contributed by atoms with Gasteiger partial charge in [-0.3, -0.25) is 4.79 Å². The number of alkyl halides is 1. The standard InChI is InChI=1S/C10H8ClNO2S/c11-4-7-1-6(3-9(13)14)2-8(5-12)10(7)15/h1-2,15H,3-4H2,(H,13,14). The Bertz CT molecular complexity index is 440. The van der Waals surface area contributed by atoms with Gasteiger partial charge in [0.1, 0.15) is 6.07 Å². The van der Waals surface area contributed by atoms with E-state index in [4.69, 9.17) is 22.0 Å². The Kier molecular flexibility index (Phi) is 4.01. The lowest BCUT2D eigenvalue weighted by atomic mass is 10.0. The maximum atomic E-state index is 10.5. The van der Waals surface area contributed by atoms with Crippen LogP contribution in [-0.4, -0.2) is 11.1 Å². The molecule has 1 aromatic rings. The number of hydrogen-bond acceptors (Lipinski definition) is 3. The minimum atomic E-state index is -0.939. The predicted molar refractivity (Wildman–Crippen MR) is 59.3 cm³/mol. The van der Waals surface area contributed by atoms with Crippen molar-refractivity contribution in [1.29, 1.82) is 5.26 Å². The molecule has 0 atom stereocenters. The van der Waals surface area contributed by atoms with Gasteiger partial charge in [-0.15, -0.1) is 24.2 Å². The SMILES string of the molecule is N#Cc1cc(CC(=O)O)cc(CCl)c1S. The van der Waals surface area contributed by atoms with Crippen molar-refractivity contribution in [3.63, 3.8) is 0 Å². The van der Waals surface area contributed by atoms with E-state index < -0.39 is 5.97 Å². The van der Waals surface area contributed by atoms with Crippen molar-refractivity contribution < 1.29 is 9.90 Å². The summed E-state index contributed by atoms with van der Waals surface area (Å²) in [5.41, 5.74) is 1.59. The summed E-state index contributed by atoms with van der Waals surface area (Å²) in [6.07, 6.45) is -0.118. The van der Waals surface area contributed by atoms with Crippen LogP contribution in [0.1, 0.15) is 16.7 Å². The van der Waals surface area contributed by atoms with Gasteiger partial charge in [0, 0.05) is 10.8 Å². The second-order valence-corrected chi connectivity index (χ2v) is 3.68. The summed E-state index contributed by atoms with van der Waals surface area (Å²) in [7, 11) is 0. The zero-order valence-electron chi connectivity index (χ0n) is 7.70. The van der Waals surface area contributed by atoms with Crippen molar-refractivity contribution in [2.75, 3.05) is 0 Å². The average molecular weight is 242 g/mol. The summed E-state index contributed by atoms with van der Waals surface area (Å²) in [5.74, 6) is -0.729. The lowest BCUT2D eigenvalue weighted by Gasteiger charge is -2.06. The first kappa shape index (κ1) is 11.9. The van der Waals surface area contributed by atoms with Gasteiger partial charge in [-0.25, -0.2) is 0 Å². The third-order valence-electron chi connectivity index (χ3n) is 1.87. The molecule has 0 aliphatic carbocycles. The van der Waals surface area contributed by atoms with Crippen molar-refractivity contribution in [2.45, 2.75) is 17.2 Å². The fraction of sp³-hybridized carbons (Fsp3) is 0.200. The number of carbonyl (C=O) groups is 1. The molecule has 0 spiro atoms. The number of halogens is 1. The van der Waals surface area contributed by atoms with E-state index in [1.54, 1.807) is 6.07 Å². The Labute approximate surface area is 97.7 Å². The summed E-state index contributed by atoms with van der Waals surface area (Å²) in [5, 5.41) is 17.4. The molecule has 0 aliphatic heterocycles. The van der Waals surface area contributed by atoms with E-state index in [1.165, 1.54) is 6.07 Å². The molecular weight excluding hydrogens is 234 g/mol. The van der Waals surface area contributed by atoms with Gasteiger partial charge in [-0.2, -0.15) is 5.26 Å². The number of nitriles is 1. The summed E-state index contributed by atoms with van der Waals surface area (Å²) >= 11 is 9.82. The molecule has 0 bridgehead atoms. The smallest absolute Gasteiger partial charge is 0.307 e. The molecule has 0 saturated carbocycles. The largest absolute Gasteiger partial charge is 0.481 e. The van der Waals surface area contributed by atoms with Crippen molar-refractivity contribution in [1.82, 2.24) is 0 Å². The number of carboxylic acids is 1. The van der Waals surface area contributed by atoms with Crippen LogP contribution in [0.25, 0.3) is 0 Å². The van der Waals surface area contributed by atoms with Gasteiger partial charge < -0.3 is 5.11 Å². The maximum absolute atomic E-state index is 10.5. The molecule has 1 rings (SSSR count). The molecule has 5 heteroatoms. The first-order valence-electron chi connectivity index (χ1n) is 4.11. The van der Waals surface area contributed by atoms with Gasteiger partial charge in [0.2, 0.25) is 0 Å². The van der Waals surface area contributed by atoms with Crippen molar-refractivity contribution >= 4 is 30.2 Å². The van der Waals surface area contributed by atoms with Crippen LogP contribution >= 0.6 is 24.2 Å². The van der Waals surface area contributed by atoms with Crippen LogP contribution in [0.3, 0.4) is 0 Å². The van der Waals surface area contributed by atoms with E-state index in [0.717, 1.165) is 0 Å². The first-order chi connectivity index (χ1) is 7.08. The number of carboxylic acid groups (broad SMARTS) is 1. The molecule has 1 aromatic carbocycles. The van der Waals surface area contributed by atoms with Crippen LogP contribution in [0, 0.1) is 11.3 Å². The van der Waals surface area contributed by atoms with Gasteiger partial charge >= 0.3 is 5.97 Å². The molecule has 78 valence electrons. The number of thiol groups is 1. The van der Waals surface area contributed by atoms with Crippen molar-refractivity contribution in [2.24, 2.45) is 0 Å². The van der Waals surface area contributed by atoms with E-state index in [0.29, 0.717) is 21.6 Å².